The molecule has 0 spiro atoms. The lowest BCUT2D eigenvalue weighted by Crippen LogP contribution is -1.97. The van der Waals surface area contributed by atoms with Gasteiger partial charge < -0.3 is 10.3 Å². The quantitative estimate of drug-likeness (QED) is 0.916. The molecule has 2 rings (SSSR count). The summed E-state index contributed by atoms with van der Waals surface area (Å²) in [6.45, 7) is 4.17. The minimum Gasteiger partial charge on any atom is -0.367 e. The zero-order chi connectivity index (χ0) is 14.0. The van der Waals surface area contributed by atoms with E-state index in [0.29, 0.717) is 23.6 Å². The molecule has 0 saturated heterocycles. The van der Waals surface area contributed by atoms with E-state index < -0.39 is 11.6 Å². The zero-order valence-corrected chi connectivity index (χ0v) is 10.9. The fourth-order valence-electron chi connectivity index (χ4n) is 1.91. The Labute approximate surface area is 110 Å². The molecule has 3 nitrogen and oxygen atoms in total. The highest BCUT2D eigenvalue weighted by Crippen LogP contribution is 2.33. The van der Waals surface area contributed by atoms with Gasteiger partial charge in [-0.2, -0.15) is 0 Å². The molecule has 1 aromatic heterocycles. The molecule has 0 fully saturated rings. The third-order valence-electron chi connectivity index (χ3n) is 2.95. The number of nitrogen functional groups attached to an aromatic ring is 1. The van der Waals surface area contributed by atoms with Crippen LogP contribution >= 0.6 is 0 Å². The van der Waals surface area contributed by atoms with Crippen LogP contribution < -0.4 is 5.73 Å². The van der Waals surface area contributed by atoms with Crippen molar-refractivity contribution in [3.8, 4) is 11.1 Å². The minimum atomic E-state index is -0.666. The smallest absolute Gasteiger partial charge is 0.230 e. The third kappa shape index (κ3) is 2.92. The molecule has 19 heavy (non-hydrogen) atoms. The number of rotatable bonds is 4. The Morgan fingerprint density at radius 2 is 2.05 bits per heavy atom. The normalized spacial score (nSPS) is 11.2. The number of anilines is 1. The summed E-state index contributed by atoms with van der Waals surface area (Å²) in [5.41, 5.74) is 6.96. The van der Waals surface area contributed by atoms with Crippen molar-refractivity contribution in [2.24, 2.45) is 5.92 Å². The highest BCUT2D eigenvalue weighted by molar-refractivity contribution is 5.75. The predicted molar refractivity (Wildman–Crippen MR) is 69.4 cm³/mol. The van der Waals surface area contributed by atoms with Gasteiger partial charge in [0.05, 0.1) is 11.3 Å². The van der Waals surface area contributed by atoms with Gasteiger partial charge in [-0.1, -0.05) is 19.0 Å². The first-order chi connectivity index (χ1) is 8.99. The van der Waals surface area contributed by atoms with Gasteiger partial charge in [0.15, 0.2) is 0 Å². The van der Waals surface area contributed by atoms with Crippen molar-refractivity contribution in [3.05, 3.63) is 35.5 Å². The van der Waals surface area contributed by atoms with Crippen molar-refractivity contribution in [1.82, 2.24) is 5.16 Å². The molecule has 102 valence electrons. The van der Waals surface area contributed by atoms with Gasteiger partial charge in [0.25, 0.3) is 0 Å². The molecule has 2 aromatic rings. The van der Waals surface area contributed by atoms with E-state index in [-0.39, 0.29) is 11.4 Å². The van der Waals surface area contributed by atoms with Crippen LogP contribution in [0.2, 0.25) is 0 Å². The number of nitrogens with two attached hydrogens (primary N) is 1. The van der Waals surface area contributed by atoms with Gasteiger partial charge in [-0.15, -0.1) is 0 Å². The Bertz CT molecular complexity index is 579. The number of hydrogen-bond donors (Lipinski definition) is 1. The fraction of sp³-hybridized carbons (Fsp3) is 0.357. The average Bonchev–Trinajstić information content (AvgIpc) is 2.68. The molecule has 0 atom stereocenters. The number of benzene rings is 1. The molecule has 0 bridgehead atoms. The summed E-state index contributed by atoms with van der Waals surface area (Å²) in [5.74, 6) is -0.742. The lowest BCUT2D eigenvalue weighted by atomic mass is 9.99. The summed E-state index contributed by atoms with van der Waals surface area (Å²) in [6.07, 6.45) is 1.53. The van der Waals surface area contributed by atoms with Crippen LogP contribution in [-0.4, -0.2) is 5.16 Å². The molecule has 0 amide bonds. The summed E-state index contributed by atoms with van der Waals surface area (Å²) in [6, 6.07) is 3.37. The molecule has 0 unspecified atom stereocenters. The number of aromatic nitrogens is 1. The molecular formula is C14H16F2N2O. The SMILES string of the molecule is CC(C)CCc1noc(N)c1-c1ccc(F)cc1F. The van der Waals surface area contributed by atoms with Crippen molar-refractivity contribution < 1.29 is 13.3 Å². The summed E-state index contributed by atoms with van der Waals surface area (Å²) in [5, 5.41) is 3.87. The Morgan fingerprint density at radius 3 is 2.68 bits per heavy atom. The Hall–Kier alpha value is -1.91. The summed E-state index contributed by atoms with van der Waals surface area (Å²) < 4.78 is 31.7. The molecular weight excluding hydrogens is 250 g/mol. The lowest BCUT2D eigenvalue weighted by molar-refractivity contribution is 0.423. The van der Waals surface area contributed by atoms with Gasteiger partial charge in [-0.05, 0) is 30.9 Å². The second-order valence-electron chi connectivity index (χ2n) is 4.93. The van der Waals surface area contributed by atoms with Crippen LogP contribution in [0.15, 0.2) is 22.7 Å². The van der Waals surface area contributed by atoms with Gasteiger partial charge in [0.2, 0.25) is 5.88 Å². The fourth-order valence-corrected chi connectivity index (χ4v) is 1.91. The molecule has 0 saturated carbocycles. The summed E-state index contributed by atoms with van der Waals surface area (Å²) >= 11 is 0. The van der Waals surface area contributed by atoms with Crippen molar-refractivity contribution in [2.75, 3.05) is 5.73 Å². The summed E-state index contributed by atoms with van der Waals surface area (Å²) in [4.78, 5) is 0. The maximum absolute atomic E-state index is 13.8. The third-order valence-corrected chi connectivity index (χ3v) is 2.95. The first-order valence-electron chi connectivity index (χ1n) is 6.18. The van der Waals surface area contributed by atoms with E-state index in [0.717, 1.165) is 12.5 Å². The van der Waals surface area contributed by atoms with Gasteiger partial charge in [0.1, 0.15) is 11.6 Å². The van der Waals surface area contributed by atoms with E-state index in [1.54, 1.807) is 0 Å². The second-order valence-corrected chi connectivity index (χ2v) is 4.93. The van der Waals surface area contributed by atoms with Gasteiger partial charge in [0, 0.05) is 11.6 Å². The van der Waals surface area contributed by atoms with Crippen LogP contribution in [-0.2, 0) is 6.42 Å². The first-order valence-corrected chi connectivity index (χ1v) is 6.18. The highest BCUT2D eigenvalue weighted by Gasteiger charge is 2.19. The molecule has 0 aliphatic rings. The Balaban J connectivity index is 2.40. The van der Waals surface area contributed by atoms with Crippen LogP contribution in [0.3, 0.4) is 0 Å². The van der Waals surface area contributed by atoms with E-state index >= 15 is 0 Å². The maximum atomic E-state index is 13.8. The topological polar surface area (TPSA) is 52.0 Å². The van der Waals surface area contributed by atoms with Crippen LogP contribution in [0.1, 0.15) is 26.0 Å². The van der Waals surface area contributed by atoms with E-state index in [4.69, 9.17) is 10.3 Å². The van der Waals surface area contributed by atoms with Crippen molar-refractivity contribution in [1.29, 1.82) is 0 Å². The molecule has 1 aromatic carbocycles. The standard InChI is InChI=1S/C14H16F2N2O/c1-8(2)3-6-12-13(14(17)19-18-12)10-5-4-9(15)7-11(10)16/h4-5,7-8H,3,6,17H2,1-2H3. The number of nitrogens with zero attached hydrogens (tertiary/aromatic N) is 1. The Kier molecular flexibility index (Phi) is 3.83. The maximum Gasteiger partial charge on any atom is 0.230 e. The molecule has 0 radical (unpaired) electrons. The highest BCUT2D eigenvalue weighted by atomic mass is 19.1. The molecule has 2 N–H and O–H groups in total. The van der Waals surface area contributed by atoms with Crippen molar-refractivity contribution in [2.45, 2.75) is 26.7 Å². The molecule has 1 heterocycles. The average molecular weight is 266 g/mol. The second kappa shape index (κ2) is 5.38. The lowest BCUT2D eigenvalue weighted by Gasteiger charge is -2.06. The van der Waals surface area contributed by atoms with Gasteiger partial charge >= 0.3 is 0 Å². The number of hydrogen-bond acceptors (Lipinski definition) is 3. The molecule has 0 aliphatic heterocycles. The van der Waals surface area contributed by atoms with Gasteiger partial charge in [-0.25, -0.2) is 8.78 Å². The van der Waals surface area contributed by atoms with E-state index in [1.165, 1.54) is 12.1 Å². The van der Waals surface area contributed by atoms with Crippen molar-refractivity contribution in [3.63, 3.8) is 0 Å². The first kappa shape index (κ1) is 13.5. The minimum absolute atomic E-state index is 0.0595. The predicted octanol–water partition coefficient (Wildman–Crippen LogP) is 3.79. The summed E-state index contributed by atoms with van der Waals surface area (Å²) in [7, 11) is 0. The molecule has 0 aliphatic carbocycles. The van der Waals surface area contributed by atoms with E-state index in [2.05, 4.69) is 19.0 Å². The number of halogens is 2. The number of aryl methyl sites for hydroxylation is 1. The van der Waals surface area contributed by atoms with E-state index in [9.17, 15) is 8.78 Å². The van der Waals surface area contributed by atoms with Crippen LogP contribution in [0.25, 0.3) is 11.1 Å². The monoisotopic (exact) mass is 266 g/mol. The van der Waals surface area contributed by atoms with Gasteiger partial charge in [-0.3, -0.25) is 0 Å². The van der Waals surface area contributed by atoms with E-state index in [1.807, 2.05) is 0 Å². The Morgan fingerprint density at radius 1 is 1.32 bits per heavy atom. The van der Waals surface area contributed by atoms with Crippen LogP contribution in [0.5, 0.6) is 0 Å². The zero-order valence-electron chi connectivity index (χ0n) is 10.9. The molecule has 5 heteroatoms. The van der Waals surface area contributed by atoms with Crippen molar-refractivity contribution >= 4 is 5.88 Å². The van der Waals surface area contributed by atoms with Crippen LogP contribution in [0, 0.1) is 17.6 Å². The largest absolute Gasteiger partial charge is 0.367 e. The van der Waals surface area contributed by atoms with Crippen LogP contribution in [0.4, 0.5) is 14.7 Å².